The van der Waals surface area contributed by atoms with E-state index in [4.69, 9.17) is 9.84 Å². The number of nitrogens with one attached hydrogen (secondary N) is 1. The van der Waals surface area contributed by atoms with Gasteiger partial charge in [-0.2, -0.15) is 9.78 Å². The van der Waals surface area contributed by atoms with Crippen molar-refractivity contribution in [3.8, 4) is 34.0 Å². The van der Waals surface area contributed by atoms with E-state index in [0.717, 1.165) is 27.9 Å². The topological polar surface area (TPSA) is 73.2 Å². The fourth-order valence-electron chi connectivity index (χ4n) is 3.87. The van der Waals surface area contributed by atoms with Crippen LogP contribution < -0.4 is 10.1 Å². The van der Waals surface area contributed by atoms with E-state index in [9.17, 15) is 9.59 Å². The van der Waals surface area contributed by atoms with Gasteiger partial charge in [-0.15, -0.1) is 0 Å². The molecule has 0 radical (unpaired) electrons. The normalized spacial score (nSPS) is 10.7. The highest BCUT2D eigenvalue weighted by molar-refractivity contribution is 5.92. The van der Waals surface area contributed by atoms with E-state index in [0.29, 0.717) is 29.2 Å². The highest BCUT2D eigenvalue weighted by Crippen LogP contribution is 2.41. The van der Waals surface area contributed by atoms with E-state index in [1.165, 1.54) is 6.92 Å². The molecule has 0 aliphatic heterocycles. The molecule has 0 bridgehead atoms. The average molecular weight is 454 g/mol. The average Bonchev–Trinajstić information content (AvgIpc) is 3.18. The fourth-order valence-corrected chi connectivity index (χ4v) is 3.87. The number of benzene rings is 3. The Hall–Kier alpha value is -4.19. The lowest BCUT2D eigenvalue weighted by Gasteiger charge is -2.12. The third kappa shape index (κ3) is 4.76. The summed E-state index contributed by atoms with van der Waals surface area (Å²) in [5.74, 6) is -0.136. The van der Waals surface area contributed by atoms with Crippen LogP contribution in [0.15, 0.2) is 72.8 Å². The number of nitrogens with zero attached hydrogens (tertiary/aromatic N) is 2. The molecule has 0 aliphatic carbocycles. The lowest BCUT2D eigenvalue weighted by atomic mass is 10.0. The van der Waals surface area contributed by atoms with Crippen molar-refractivity contribution in [2.75, 3.05) is 5.32 Å². The van der Waals surface area contributed by atoms with Gasteiger partial charge >= 0.3 is 5.97 Å². The van der Waals surface area contributed by atoms with Gasteiger partial charge in [0.1, 0.15) is 5.69 Å². The number of aryl methyl sites for hydroxylation is 2. The Morgan fingerprint density at radius 2 is 1.65 bits per heavy atom. The number of amides is 1. The monoisotopic (exact) mass is 453 g/mol. The molecule has 0 atom stereocenters. The van der Waals surface area contributed by atoms with E-state index in [1.807, 2.05) is 87.5 Å². The number of anilines is 1. The Labute approximate surface area is 199 Å². The van der Waals surface area contributed by atoms with Crippen molar-refractivity contribution in [3.05, 3.63) is 83.9 Å². The number of rotatable bonds is 6. The Morgan fingerprint density at radius 3 is 2.26 bits per heavy atom. The Kier molecular flexibility index (Phi) is 6.59. The zero-order chi connectivity index (χ0) is 24.2. The van der Waals surface area contributed by atoms with Crippen molar-refractivity contribution in [2.24, 2.45) is 0 Å². The molecule has 6 nitrogen and oxygen atoms in total. The second-order valence-electron chi connectivity index (χ2n) is 8.17. The highest BCUT2D eigenvalue weighted by Gasteiger charge is 2.25. The Bertz CT molecular complexity index is 1340. The first-order valence-electron chi connectivity index (χ1n) is 11.2. The standard InChI is InChI=1S/C28H27N3O3/c1-5-25(33)29-23-14-12-21(13-15-23)26-27(22-9-7-6-8-10-22)30-31(28(26)34-20(4)32)24-16-11-18(2)17-19(24)3/h6-17H,5H2,1-4H3,(H,29,33). The Balaban J connectivity index is 1.95. The molecule has 3 aromatic carbocycles. The number of carbonyl (C=O) groups excluding carboxylic acids is 2. The minimum Gasteiger partial charge on any atom is -0.407 e. The van der Waals surface area contributed by atoms with Crippen LogP contribution in [0.25, 0.3) is 28.1 Å². The molecule has 4 aromatic rings. The van der Waals surface area contributed by atoms with Crippen molar-refractivity contribution >= 4 is 17.6 Å². The molecule has 0 spiro atoms. The molecule has 0 aliphatic rings. The number of esters is 1. The van der Waals surface area contributed by atoms with Crippen LogP contribution in [0.5, 0.6) is 5.88 Å². The predicted molar refractivity (Wildman–Crippen MR) is 134 cm³/mol. The van der Waals surface area contributed by atoms with Gasteiger partial charge in [0.15, 0.2) is 0 Å². The zero-order valence-electron chi connectivity index (χ0n) is 19.8. The number of hydrogen-bond donors (Lipinski definition) is 1. The smallest absolute Gasteiger partial charge is 0.309 e. The molecule has 6 heteroatoms. The summed E-state index contributed by atoms with van der Waals surface area (Å²) in [6, 6.07) is 23.3. The van der Waals surface area contributed by atoms with Gasteiger partial charge in [0.2, 0.25) is 11.8 Å². The van der Waals surface area contributed by atoms with Gasteiger partial charge in [-0.25, -0.2) is 0 Å². The Morgan fingerprint density at radius 1 is 0.941 bits per heavy atom. The summed E-state index contributed by atoms with van der Waals surface area (Å²) >= 11 is 0. The van der Waals surface area contributed by atoms with Crippen LogP contribution in [-0.2, 0) is 9.59 Å². The third-order valence-corrected chi connectivity index (χ3v) is 5.49. The summed E-state index contributed by atoms with van der Waals surface area (Å²) in [5, 5.41) is 7.79. The van der Waals surface area contributed by atoms with Crippen molar-refractivity contribution in [1.29, 1.82) is 0 Å². The number of aromatic nitrogens is 2. The van der Waals surface area contributed by atoms with Crippen LogP contribution in [0, 0.1) is 13.8 Å². The summed E-state index contributed by atoms with van der Waals surface area (Å²) in [5.41, 5.74) is 6.80. The maximum atomic E-state index is 12.2. The highest BCUT2D eigenvalue weighted by atomic mass is 16.5. The zero-order valence-corrected chi connectivity index (χ0v) is 19.8. The molecule has 0 fully saturated rings. The van der Waals surface area contributed by atoms with Crippen molar-refractivity contribution < 1.29 is 14.3 Å². The first-order valence-corrected chi connectivity index (χ1v) is 11.2. The summed E-state index contributed by atoms with van der Waals surface area (Å²) in [7, 11) is 0. The molecule has 172 valence electrons. The van der Waals surface area contributed by atoms with Crippen LogP contribution in [0.3, 0.4) is 0 Å². The van der Waals surface area contributed by atoms with Crippen LogP contribution in [0.1, 0.15) is 31.4 Å². The van der Waals surface area contributed by atoms with E-state index in [2.05, 4.69) is 11.4 Å². The maximum absolute atomic E-state index is 12.2. The first kappa shape index (κ1) is 23.0. The molecular formula is C28H27N3O3. The minimum atomic E-state index is -0.432. The molecule has 34 heavy (non-hydrogen) atoms. The largest absolute Gasteiger partial charge is 0.407 e. The van der Waals surface area contributed by atoms with Crippen LogP contribution in [-0.4, -0.2) is 21.7 Å². The van der Waals surface area contributed by atoms with Gasteiger partial charge < -0.3 is 10.1 Å². The molecule has 0 saturated heterocycles. The fraction of sp³-hybridized carbons (Fsp3) is 0.179. The van der Waals surface area contributed by atoms with E-state index < -0.39 is 5.97 Å². The second-order valence-corrected chi connectivity index (χ2v) is 8.17. The second kappa shape index (κ2) is 9.75. The number of carbonyl (C=O) groups is 2. The van der Waals surface area contributed by atoms with E-state index >= 15 is 0 Å². The van der Waals surface area contributed by atoms with Crippen LogP contribution >= 0.6 is 0 Å². The molecule has 4 rings (SSSR count). The van der Waals surface area contributed by atoms with E-state index in [1.54, 1.807) is 4.68 Å². The maximum Gasteiger partial charge on any atom is 0.309 e. The van der Waals surface area contributed by atoms with Crippen molar-refractivity contribution in [2.45, 2.75) is 34.1 Å². The quantitative estimate of drug-likeness (QED) is 0.358. The van der Waals surface area contributed by atoms with Gasteiger partial charge in [0.05, 0.1) is 11.3 Å². The summed E-state index contributed by atoms with van der Waals surface area (Å²) in [4.78, 5) is 23.9. The molecule has 0 unspecified atom stereocenters. The molecule has 1 amide bonds. The number of ether oxygens (including phenoxy) is 1. The van der Waals surface area contributed by atoms with Gasteiger partial charge in [-0.05, 0) is 43.2 Å². The summed E-state index contributed by atoms with van der Waals surface area (Å²) < 4.78 is 7.47. The predicted octanol–water partition coefficient (Wildman–Crippen LogP) is 6.10. The van der Waals surface area contributed by atoms with Crippen molar-refractivity contribution in [1.82, 2.24) is 9.78 Å². The first-order chi connectivity index (χ1) is 16.4. The summed E-state index contributed by atoms with van der Waals surface area (Å²) in [6.45, 7) is 7.23. The molecule has 1 heterocycles. The van der Waals surface area contributed by atoms with Gasteiger partial charge in [0, 0.05) is 24.6 Å². The van der Waals surface area contributed by atoms with Crippen LogP contribution in [0.4, 0.5) is 5.69 Å². The van der Waals surface area contributed by atoms with Gasteiger partial charge in [-0.3, -0.25) is 9.59 Å². The van der Waals surface area contributed by atoms with Crippen LogP contribution in [0.2, 0.25) is 0 Å². The van der Waals surface area contributed by atoms with Gasteiger partial charge in [-0.1, -0.05) is 67.1 Å². The molecule has 0 saturated carbocycles. The van der Waals surface area contributed by atoms with Gasteiger partial charge in [0.25, 0.3) is 0 Å². The SMILES string of the molecule is CCC(=O)Nc1ccc(-c2c(-c3ccccc3)nn(-c3ccc(C)cc3C)c2OC(C)=O)cc1. The molecule has 1 N–H and O–H groups in total. The number of hydrogen-bond acceptors (Lipinski definition) is 4. The molecule has 1 aromatic heterocycles. The minimum absolute atomic E-state index is 0.0546. The lowest BCUT2D eigenvalue weighted by molar-refractivity contribution is -0.132. The summed E-state index contributed by atoms with van der Waals surface area (Å²) in [6.07, 6.45) is 0.402. The third-order valence-electron chi connectivity index (χ3n) is 5.49. The molecular weight excluding hydrogens is 426 g/mol. The van der Waals surface area contributed by atoms with Crippen molar-refractivity contribution in [3.63, 3.8) is 0 Å². The lowest BCUT2D eigenvalue weighted by Crippen LogP contribution is -2.09. The van der Waals surface area contributed by atoms with E-state index in [-0.39, 0.29) is 5.91 Å².